The molecule has 0 radical (unpaired) electrons. The molecule has 0 saturated heterocycles. The number of ether oxygens (including phenoxy) is 1. The third-order valence-electron chi connectivity index (χ3n) is 4.58. The van der Waals surface area contributed by atoms with Gasteiger partial charge in [0, 0.05) is 11.6 Å². The summed E-state index contributed by atoms with van der Waals surface area (Å²) in [5.41, 5.74) is 1.16. The SMILES string of the molecule is O=CN[C@@H](c1cc(F)cc(OC(F)(F)C(F)F)c1)c1ccc(F)c(/C=C/c2ccccc2)c1. The Hall–Kier alpha value is -3.75. The van der Waals surface area contributed by atoms with Crippen molar-refractivity contribution < 1.29 is 35.9 Å². The molecule has 1 atom stereocenters. The van der Waals surface area contributed by atoms with Crippen LogP contribution >= 0.6 is 0 Å². The summed E-state index contributed by atoms with van der Waals surface area (Å²) in [6.07, 6.45) is -5.54. The van der Waals surface area contributed by atoms with Crippen LogP contribution < -0.4 is 10.1 Å². The van der Waals surface area contributed by atoms with Crippen LogP contribution in [0.5, 0.6) is 5.75 Å². The third-order valence-corrected chi connectivity index (χ3v) is 4.58. The molecule has 3 aromatic carbocycles. The first-order valence-electron chi connectivity index (χ1n) is 9.57. The fourth-order valence-corrected chi connectivity index (χ4v) is 3.08. The van der Waals surface area contributed by atoms with Crippen LogP contribution in [0.3, 0.4) is 0 Å². The minimum absolute atomic E-state index is 0.0771. The summed E-state index contributed by atoms with van der Waals surface area (Å²) < 4.78 is 83.8. The van der Waals surface area contributed by atoms with Gasteiger partial charge in [0.05, 0.1) is 6.04 Å². The number of hydrogen-bond donors (Lipinski definition) is 1. The Balaban J connectivity index is 1.98. The number of amides is 1. The van der Waals surface area contributed by atoms with Crippen molar-refractivity contribution >= 4 is 18.6 Å². The van der Waals surface area contributed by atoms with Crippen molar-refractivity contribution in [1.29, 1.82) is 0 Å². The summed E-state index contributed by atoms with van der Waals surface area (Å²) in [6.45, 7) is 0. The molecule has 3 nitrogen and oxygen atoms in total. The molecule has 1 amide bonds. The smallest absolute Gasteiger partial charge is 0.428 e. The molecular formula is C24H17F6NO2. The predicted molar refractivity (Wildman–Crippen MR) is 111 cm³/mol. The van der Waals surface area contributed by atoms with Gasteiger partial charge in [0.1, 0.15) is 17.4 Å². The van der Waals surface area contributed by atoms with Gasteiger partial charge in [-0.05, 0) is 41.0 Å². The van der Waals surface area contributed by atoms with E-state index in [-0.39, 0.29) is 23.1 Å². The van der Waals surface area contributed by atoms with Gasteiger partial charge in [-0.3, -0.25) is 4.79 Å². The highest BCUT2D eigenvalue weighted by Crippen LogP contribution is 2.32. The van der Waals surface area contributed by atoms with E-state index in [0.29, 0.717) is 6.07 Å². The van der Waals surface area contributed by atoms with Crippen molar-refractivity contribution in [3.8, 4) is 5.75 Å². The summed E-state index contributed by atoms with van der Waals surface area (Å²) in [5, 5.41) is 2.39. The van der Waals surface area contributed by atoms with Gasteiger partial charge in [-0.1, -0.05) is 48.6 Å². The van der Waals surface area contributed by atoms with E-state index in [4.69, 9.17) is 0 Å². The van der Waals surface area contributed by atoms with Crippen LogP contribution in [0.1, 0.15) is 28.3 Å². The van der Waals surface area contributed by atoms with Crippen LogP contribution in [-0.2, 0) is 4.79 Å². The van der Waals surface area contributed by atoms with E-state index in [1.54, 1.807) is 30.3 Å². The summed E-state index contributed by atoms with van der Waals surface area (Å²) in [6, 6.07) is 14.1. The third kappa shape index (κ3) is 6.15. The summed E-state index contributed by atoms with van der Waals surface area (Å²) in [4.78, 5) is 11.2. The topological polar surface area (TPSA) is 38.3 Å². The summed E-state index contributed by atoms with van der Waals surface area (Å²) >= 11 is 0. The minimum Gasteiger partial charge on any atom is -0.428 e. The Morgan fingerprint density at radius 2 is 1.61 bits per heavy atom. The van der Waals surface area contributed by atoms with Gasteiger partial charge in [0.2, 0.25) is 6.41 Å². The zero-order chi connectivity index (χ0) is 24.0. The van der Waals surface area contributed by atoms with Crippen LogP contribution in [-0.4, -0.2) is 18.9 Å². The molecule has 0 aliphatic rings. The maximum atomic E-state index is 14.3. The number of benzene rings is 3. The summed E-state index contributed by atoms with van der Waals surface area (Å²) in [5.74, 6) is -2.49. The van der Waals surface area contributed by atoms with Gasteiger partial charge >= 0.3 is 12.5 Å². The molecule has 0 fully saturated rings. The second kappa shape index (κ2) is 10.2. The fourth-order valence-electron chi connectivity index (χ4n) is 3.08. The second-order valence-corrected chi connectivity index (χ2v) is 6.93. The van der Waals surface area contributed by atoms with E-state index in [2.05, 4.69) is 10.1 Å². The molecule has 33 heavy (non-hydrogen) atoms. The number of nitrogens with one attached hydrogen (secondary N) is 1. The maximum Gasteiger partial charge on any atom is 0.461 e. The molecule has 0 saturated carbocycles. The number of rotatable bonds is 9. The van der Waals surface area contributed by atoms with E-state index in [1.165, 1.54) is 18.2 Å². The first-order valence-corrected chi connectivity index (χ1v) is 9.57. The van der Waals surface area contributed by atoms with Gasteiger partial charge < -0.3 is 10.1 Å². The van der Waals surface area contributed by atoms with Gasteiger partial charge in [0.15, 0.2) is 0 Å². The second-order valence-electron chi connectivity index (χ2n) is 6.93. The van der Waals surface area contributed by atoms with Crippen molar-refractivity contribution in [2.75, 3.05) is 0 Å². The normalized spacial score (nSPS) is 12.7. The molecule has 0 aromatic heterocycles. The Labute approximate surface area is 185 Å². The number of hydrogen-bond acceptors (Lipinski definition) is 2. The monoisotopic (exact) mass is 465 g/mol. The minimum atomic E-state index is -4.84. The van der Waals surface area contributed by atoms with E-state index < -0.39 is 36.0 Å². The molecule has 3 rings (SSSR count). The van der Waals surface area contributed by atoms with E-state index >= 15 is 0 Å². The largest absolute Gasteiger partial charge is 0.461 e. The standard InChI is InChI=1S/C24H17F6NO2/c25-19-11-18(12-20(13-19)33-24(29,30)23(27)28)22(31-14-32)17-8-9-21(26)16(10-17)7-6-15-4-2-1-3-5-15/h1-14,22-23H,(H,31,32)/b7-6+/t22-/m1/s1. The average molecular weight is 465 g/mol. The molecule has 0 unspecified atom stereocenters. The highest BCUT2D eigenvalue weighted by Gasteiger charge is 2.44. The zero-order valence-corrected chi connectivity index (χ0v) is 16.8. The lowest BCUT2D eigenvalue weighted by Crippen LogP contribution is -2.33. The van der Waals surface area contributed by atoms with E-state index in [0.717, 1.165) is 23.8 Å². The molecule has 1 N–H and O–H groups in total. The molecule has 0 heterocycles. The zero-order valence-electron chi connectivity index (χ0n) is 16.8. The Kier molecular flexibility index (Phi) is 7.42. The van der Waals surface area contributed by atoms with E-state index in [9.17, 15) is 31.1 Å². The number of carbonyl (C=O) groups is 1. The molecule has 172 valence electrons. The molecule has 0 spiro atoms. The van der Waals surface area contributed by atoms with Gasteiger partial charge in [0.25, 0.3) is 0 Å². The van der Waals surface area contributed by atoms with Gasteiger partial charge in [-0.2, -0.15) is 17.6 Å². The first-order chi connectivity index (χ1) is 15.7. The van der Waals surface area contributed by atoms with Crippen LogP contribution in [0, 0.1) is 11.6 Å². The molecule has 9 heteroatoms. The Morgan fingerprint density at radius 1 is 0.879 bits per heavy atom. The highest BCUT2D eigenvalue weighted by atomic mass is 19.3. The molecule has 0 aliphatic carbocycles. The summed E-state index contributed by atoms with van der Waals surface area (Å²) in [7, 11) is 0. The van der Waals surface area contributed by atoms with Crippen molar-refractivity contribution in [1.82, 2.24) is 5.32 Å². The number of alkyl halides is 4. The lowest BCUT2D eigenvalue weighted by Gasteiger charge is -2.21. The average Bonchev–Trinajstić information content (AvgIpc) is 2.77. The highest BCUT2D eigenvalue weighted by molar-refractivity contribution is 5.70. The lowest BCUT2D eigenvalue weighted by molar-refractivity contribution is -0.253. The van der Waals surface area contributed by atoms with Gasteiger partial charge in [-0.25, -0.2) is 8.78 Å². The maximum absolute atomic E-state index is 14.3. The Bertz CT molecular complexity index is 1140. The molecule has 0 aliphatic heterocycles. The van der Waals surface area contributed by atoms with Crippen molar-refractivity contribution in [3.63, 3.8) is 0 Å². The quantitative estimate of drug-likeness (QED) is 0.232. The van der Waals surface area contributed by atoms with Gasteiger partial charge in [-0.15, -0.1) is 0 Å². The first kappa shape index (κ1) is 23.9. The molecular weight excluding hydrogens is 448 g/mol. The van der Waals surface area contributed by atoms with Crippen LogP contribution in [0.2, 0.25) is 0 Å². The predicted octanol–water partition coefficient (Wildman–Crippen LogP) is 6.21. The van der Waals surface area contributed by atoms with Crippen LogP contribution in [0.15, 0.2) is 66.7 Å². The number of carbonyl (C=O) groups excluding carboxylic acids is 1. The van der Waals surface area contributed by atoms with E-state index in [1.807, 2.05) is 6.07 Å². The van der Waals surface area contributed by atoms with Crippen molar-refractivity contribution in [2.24, 2.45) is 0 Å². The van der Waals surface area contributed by atoms with Crippen molar-refractivity contribution in [3.05, 3.63) is 101 Å². The Morgan fingerprint density at radius 3 is 2.27 bits per heavy atom. The number of halogens is 6. The van der Waals surface area contributed by atoms with Crippen LogP contribution in [0.4, 0.5) is 26.3 Å². The lowest BCUT2D eigenvalue weighted by atomic mass is 9.96. The molecule has 0 bridgehead atoms. The van der Waals surface area contributed by atoms with Crippen molar-refractivity contribution in [2.45, 2.75) is 18.6 Å². The fraction of sp³-hybridized carbons (Fsp3) is 0.125. The van der Waals surface area contributed by atoms with Crippen LogP contribution in [0.25, 0.3) is 12.2 Å². The molecule has 3 aromatic rings.